The van der Waals surface area contributed by atoms with Crippen molar-refractivity contribution in [2.75, 3.05) is 5.75 Å². The molecule has 1 aromatic heterocycles. The molecule has 0 aliphatic rings. The predicted octanol–water partition coefficient (Wildman–Crippen LogP) is -0.250. The Balaban J connectivity index is 3.21. The maximum Gasteiger partial charge on any atom is 0.373 e. The minimum absolute atomic E-state index is 0.363. The molecule has 0 fully saturated rings. The normalized spacial score (nSPS) is 11.1. The van der Waals surface area contributed by atoms with Gasteiger partial charge in [0.05, 0.1) is 5.75 Å². The zero-order chi connectivity index (χ0) is 12.3. The fourth-order valence-electron chi connectivity index (χ4n) is 0.866. The summed E-state index contributed by atoms with van der Waals surface area (Å²) < 4.78 is 22.4. The van der Waals surface area contributed by atoms with E-state index >= 15 is 0 Å². The van der Waals surface area contributed by atoms with Crippen molar-refractivity contribution in [3.63, 3.8) is 0 Å². The quantitative estimate of drug-likeness (QED) is 0.779. The number of hydrogen-bond donors (Lipinski definition) is 1. The van der Waals surface area contributed by atoms with Crippen LogP contribution < -0.4 is 0 Å². The van der Waals surface area contributed by atoms with Gasteiger partial charge in [-0.15, -0.1) is 0 Å². The van der Waals surface area contributed by atoms with Gasteiger partial charge in [0, 0.05) is 6.20 Å². The highest BCUT2D eigenvalue weighted by Gasteiger charge is 2.24. The number of carbonyl (C=O) groups is 2. The van der Waals surface area contributed by atoms with Crippen molar-refractivity contribution in [3.8, 4) is 0 Å². The SMILES string of the molecule is CCS(=O)(=O)C(=O)c1ccnc(C(=O)O)n1. The molecular weight excluding hydrogens is 236 g/mol. The summed E-state index contributed by atoms with van der Waals surface area (Å²) in [7, 11) is -3.92. The van der Waals surface area contributed by atoms with Crippen molar-refractivity contribution in [2.24, 2.45) is 0 Å². The average Bonchev–Trinajstić information content (AvgIpc) is 2.28. The second-order valence-corrected chi connectivity index (χ2v) is 4.94. The number of aromatic nitrogens is 2. The molecule has 1 heterocycles. The van der Waals surface area contributed by atoms with Crippen molar-refractivity contribution in [1.29, 1.82) is 0 Å². The lowest BCUT2D eigenvalue weighted by molar-refractivity contribution is 0.0683. The van der Waals surface area contributed by atoms with Gasteiger partial charge in [0.2, 0.25) is 15.7 Å². The van der Waals surface area contributed by atoms with Crippen molar-refractivity contribution in [1.82, 2.24) is 9.97 Å². The molecule has 0 amide bonds. The second kappa shape index (κ2) is 4.35. The number of hydrogen-bond acceptors (Lipinski definition) is 6. The smallest absolute Gasteiger partial charge is 0.373 e. The van der Waals surface area contributed by atoms with Crippen LogP contribution >= 0.6 is 0 Å². The Morgan fingerprint density at radius 3 is 2.56 bits per heavy atom. The zero-order valence-corrected chi connectivity index (χ0v) is 9.06. The summed E-state index contributed by atoms with van der Waals surface area (Å²) in [5.74, 6) is -2.40. The van der Waals surface area contributed by atoms with Gasteiger partial charge in [-0.25, -0.2) is 23.2 Å². The van der Waals surface area contributed by atoms with Crippen molar-refractivity contribution in [2.45, 2.75) is 6.92 Å². The van der Waals surface area contributed by atoms with E-state index in [-0.39, 0.29) is 5.75 Å². The van der Waals surface area contributed by atoms with Crippen LogP contribution in [0.1, 0.15) is 28.0 Å². The molecule has 0 aliphatic heterocycles. The van der Waals surface area contributed by atoms with E-state index in [9.17, 15) is 18.0 Å². The van der Waals surface area contributed by atoms with Gasteiger partial charge in [0.25, 0.3) is 5.12 Å². The average molecular weight is 244 g/mol. The van der Waals surface area contributed by atoms with Crippen LogP contribution in [0.5, 0.6) is 0 Å². The summed E-state index contributed by atoms with van der Waals surface area (Å²) in [6.45, 7) is 1.31. The minimum atomic E-state index is -3.92. The molecule has 0 spiro atoms. The van der Waals surface area contributed by atoms with Gasteiger partial charge in [-0.3, -0.25) is 4.79 Å². The zero-order valence-electron chi connectivity index (χ0n) is 8.24. The Hall–Kier alpha value is -1.83. The molecule has 0 aromatic carbocycles. The van der Waals surface area contributed by atoms with E-state index in [0.717, 1.165) is 12.3 Å². The summed E-state index contributed by atoms with van der Waals surface area (Å²) in [6, 6.07) is 1.06. The number of aromatic carboxylic acids is 1. The minimum Gasteiger partial charge on any atom is -0.475 e. The van der Waals surface area contributed by atoms with Gasteiger partial charge in [-0.05, 0) is 6.07 Å². The first-order valence-electron chi connectivity index (χ1n) is 4.22. The Labute approximate surface area is 91.1 Å². The topological polar surface area (TPSA) is 114 Å². The highest BCUT2D eigenvalue weighted by molar-refractivity contribution is 8.06. The van der Waals surface area contributed by atoms with Crippen LogP contribution in [0, 0.1) is 0 Å². The number of carboxylic acids is 1. The maximum atomic E-state index is 11.4. The molecule has 0 aliphatic carbocycles. The summed E-state index contributed by atoms with van der Waals surface area (Å²) >= 11 is 0. The highest BCUT2D eigenvalue weighted by Crippen LogP contribution is 2.04. The lowest BCUT2D eigenvalue weighted by Crippen LogP contribution is -2.19. The molecular formula is C8H8N2O5S. The molecule has 0 atom stereocenters. The lowest BCUT2D eigenvalue weighted by atomic mass is 10.4. The summed E-state index contributed by atoms with van der Waals surface area (Å²) in [5, 5.41) is 7.37. The van der Waals surface area contributed by atoms with Crippen LogP contribution in [0.4, 0.5) is 0 Å². The van der Waals surface area contributed by atoms with Crippen LogP contribution in [0.25, 0.3) is 0 Å². The number of nitrogens with zero attached hydrogens (tertiary/aromatic N) is 2. The molecule has 16 heavy (non-hydrogen) atoms. The van der Waals surface area contributed by atoms with Crippen LogP contribution in [0.3, 0.4) is 0 Å². The van der Waals surface area contributed by atoms with Crippen molar-refractivity contribution in [3.05, 3.63) is 23.8 Å². The standard InChI is InChI=1S/C8H8N2O5S/c1-2-16(14,15)8(13)5-3-4-9-6(10-5)7(11)12/h3-4H,2H2,1H3,(H,11,12). The van der Waals surface area contributed by atoms with E-state index in [1.54, 1.807) is 0 Å². The van der Waals surface area contributed by atoms with Crippen LogP contribution in [0.15, 0.2) is 12.3 Å². The molecule has 0 saturated carbocycles. The molecule has 1 N–H and O–H groups in total. The highest BCUT2D eigenvalue weighted by atomic mass is 32.2. The number of rotatable bonds is 3. The van der Waals surface area contributed by atoms with Gasteiger partial charge in [0.15, 0.2) is 0 Å². The first-order valence-corrected chi connectivity index (χ1v) is 5.87. The fourth-order valence-corrected chi connectivity index (χ4v) is 1.56. The second-order valence-electron chi connectivity index (χ2n) is 2.76. The Bertz CT molecular complexity index is 537. The van der Waals surface area contributed by atoms with E-state index < -0.39 is 32.4 Å². The predicted molar refractivity (Wildman–Crippen MR) is 52.8 cm³/mol. The number of carbonyl (C=O) groups excluding carboxylic acids is 1. The monoisotopic (exact) mass is 244 g/mol. The molecule has 1 aromatic rings. The van der Waals surface area contributed by atoms with Gasteiger partial charge in [0.1, 0.15) is 5.69 Å². The summed E-state index contributed by atoms with van der Waals surface area (Å²) in [6.07, 6.45) is 1.02. The molecule has 0 unspecified atom stereocenters. The van der Waals surface area contributed by atoms with Crippen LogP contribution in [-0.2, 0) is 9.84 Å². The van der Waals surface area contributed by atoms with E-state index in [0.29, 0.717) is 0 Å². The van der Waals surface area contributed by atoms with Gasteiger partial charge in [-0.2, -0.15) is 0 Å². The fraction of sp³-hybridized carbons (Fsp3) is 0.250. The van der Waals surface area contributed by atoms with Crippen LogP contribution in [0.2, 0.25) is 0 Å². The third kappa shape index (κ3) is 2.40. The van der Waals surface area contributed by atoms with Gasteiger partial charge >= 0.3 is 5.97 Å². The largest absolute Gasteiger partial charge is 0.475 e. The Morgan fingerprint density at radius 2 is 2.06 bits per heavy atom. The van der Waals surface area contributed by atoms with Crippen molar-refractivity contribution >= 4 is 20.9 Å². The molecule has 0 bridgehead atoms. The van der Waals surface area contributed by atoms with Crippen molar-refractivity contribution < 1.29 is 23.1 Å². The van der Waals surface area contributed by atoms with Gasteiger partial charge < -0.3 is 5.11 Å². The molecule has 0 saturated heterocycles. The maximum absolute atomic E-state index is 11.4. The van der Waals surface area contributed by atoms with E-state index in [2.05, 4.69) is 9.97 Å². The third-order valence-electron chi connectivity index (χ3n) is 1.72. The number of carboxylic acid groups (broad SMARTS) is 1. The molecule has 86 valence electrons. The summed E-state index contributed by atoms with van der Waals surface area (Å²) in [4.78, 5) is 28.6. The first kappa shape index (κ1) is 12.2. The molecule has 0 radical (unpaired) electrons. The first-order chi connectivity index (χ1) is 7.38. The Kier molecular flexibility index (Phi) is 3.33. The van der Waals surface area contributed by atoms with E-state index in [1.807, 2.05) is 0 Å². The van der Waals surface area contributed by atoms with E-state index in [1.165, 1.54) is 6.92 Å². The third-order valence-corrected chi connectivity index (χ3v) is 3.25. The van der Waals surface area contributed by atoms with Gasteiger partial charge in [-0.1, -0.05) is 6.92 Å². The molecule has 8 heteroatoms. The molecule has 7 nitrogen and oxygen atoms in total. The number of sulfone groups is 1. The van der Waals surface area contributed by atoms with Crippen LogP contribution in [-0.4, -0.2) is 40.3 Å². The summed E-state index contributed by atoms with van der Waals surface area (Å²) in [5.41, 5.74) is -0.436. The lowest BCUT2D eigenvalue weighted by Gasteiger charge is -2.00. The molecule has 1 rings (SSSR count). The van der Waals surface area contributed by atoms with E-state index in [4.69, 9.17) is 5.11 Å². The Morgan fingerprint density at radius 1 is 1.44 bits per heavy atom.